The first-order valence-electron chi connectivity index (χ1n) is 6.34. The summed E-state index contributed by atoms with van der Waals surface area (Å²) in [6.07, 6.45) is 2.71. The molecule has 0 aromatic carbocycles. The van der Waals surface area contributed by atoms with E-state index >= 15 is 0 Å². The number of nitrogen functional groups attached to an aromatic ring is 1. The Balaban J connectivity index is 2.06. The van der Waals surface area contributed by atoms with Gasteiger partial charge in [0.1, 0.15) is 17.5 Å². The molecule has 0 saturated carbocycles. The van der Waals surface area contributed by atoms with Gasteiger partial charge in [-0.25, -0.2) is 15.0 Å². The molecule has 6 heteroatoms. The smallest absolute Gasteiger partial charge is 0.135 e. The van der Waals surface area contributed by atoms with Gasteiger partial charge in [0.2, 0.25) is 0 Å². The number of hydrogen-bond acceptors (Lipinski definition) is 6. The Morgan fingerprint density at radius 1 is 1.37 bits per heavy atom. The Kier molecular flexibility index (Phi) is 4.31. The van der Waals surface area contributed by atoms with E-state index in [2.05, 4.69) is 34.1 Å². The predicted octanol–water partition coefficient (Wildman–Crippen LogP) is 2.60. The Morgan fingerprint density at radius 2 is 2.16 bits per heavy atom. The number of aromatic nitrogens is 3. The third-order valence-electron chi connectivity index (χ3n) is 2.83. The second-order valence-electron chi connectivity index (χ2n) is 4.70. The molecule has 0 bridgehead atoms. The zero-order valence-corrected chi connectivity index (χ0v) is 12.3. The largest absolute Gasteiger partial charge is 0.383 e. The third kappa shape index (κ3) is 3.41. The minimum atomic E-state index is 0.266. The van der Waals surface area contributed by atoms with Gasteiger partial charge in [-0.1, -0.05) is 13.8 Å². The van der Waals surface area contributed by atoms with Crippen molar-refractivity contribution < 1.29 is 0 Å². The molecule has 0 atom stereocenters. The molecular weight excluding hydrogens is 258 g/mol. The van der Waals surface area contributed by atoms with Crippen molar-refractivity contribution in [2.75, 3.05) is 17.6 Å². The lowest BCUT2D eigenvalue weighted by Crippen LogP contribution is -2.12. The summed E-state index contributed by atoms with van der Waals surface area (Å²) in [5, 5.41) is 6.43. The van der Waals surface area contributed by atoms with E-state index in [1.54, 1.807) is 11.3 Å². The molecule has 0 saturated heterocycles. The molecule has 0 aliphatic carbocycles. The summed E-state index contributed by atoms with van der Waals surface area (Å²) in [7, 11) is 0. The Labute approximate surface area is 117 Å². The van der Waals surface area contributed by atoms with E-state index in [1.807, 2.05) is 18.5 Å². The van der Waals surface area contributed by atoms with Crippen molar-refractivity contribution in [2.24, 2.45) is 0 Å². The van der Waals surface area contributed by atoms with Gasteiger partial charge < -0.3 is 11.1 Å². The molecular formula is C13H19N5S. The normalized spacial score (nSPS) is 10.9. The number of nitrogens with two attached hydrogens (primary N) is 1. The van der Waals surface area contributed by atoms with Gasteiger partial charge in [0, 0.05) is 36.0 Å². The lowest BCUT2D eigenvalue weighted by atomic mass is 10.2. The van der Waals surface area contributed by atoms with Gasteiger partial charge in [-0.05, 0) is 6.92 Å². The molecule has 102 valence electrons. The first-order valence-corrected chi connectivity index (χ1v) is 7.22. The van der Waals surface area contributed by atoms with Crippen LogP contribution in [0.25, 0.3) is 0 Å². The summed E-state index contributed by atoms with van der Waals surface area (Å²) >= 11 is 1.66. The number of thiazole rings is 1. The fourth-order valence-electron chi connectivity index (χ4n) is 1.65. The summed E-state index contributed by atoms with van der Waals surface area (Å²) in [5.74, 6) is 2.42. The molecule has 2 heterocycles. The molecule has 0 aliphatic rings. The highest BCUT2D eigenvalue weighted by Gasteiger charge is 2.10. The number of hydrogen-bond donors (Lipinski definition) is 2. The number of nitrogens with one attached hydrogen (secondary N) is 1. The molecule has 19 heavy (non-hydrogen) atoms. The lowest BCUT2D eigenvalue weighted by Gasteiger charge is -2.13. The molecule has 2 aromatic heterocycles. The zero-order chi connectivity index (χ0) is 13.8. The van der Waals surface area contributed by atoms with E-state index in [1.165, 1.54) is 0 Å². The molecule has 0 unspecified atom stereocenters. The standard InChI is InChI=1S/C13H19N5S/c1-8(2)12-17-11(14)9(3)13(18-12)16-5-4-10-15-6-7-19-10/h6-8H,4-5H2,1-3H3,(H3,14,16,17,18). The summed E-state index contributed by atoms with van der Waals surface area (Å²) in [6.45, 7) is 6.85. The van der Waals surface area contributed by atoms with Crippen molar-refractivity contribution in [3.8, 4) is 0 Å². The molecule has 0 aliphatic heterocycles. The SMILES string of the molecule is Cc1c(N)nc(C(C)C)nc1NCCc1nccs1. The molecule has 0 spiro atoms. The van der Waals surface area contributed by atoms with Gasteiger partial charge in [-0.2, -0.15) is 0 Å². The summed E-state index contributed by atoms with van der Waals surface area (Å²) < 4.78 is 0. The van der Waals surface area contributed by atoms with E-state index in [-0.39, 0.29) is 5.92 Å². The highest BCUT2D eigenvalue weighted by Crippen LogP contribution is 2.20. The first-order chi connectivity index (χ1) is 9.08. The van der Waals surface area contributed by atoms with Crippen LogP contribution in [0.4, 0.5) is 11.6 Å². The second-order valence-corrected chi connectivity index (χ2v) is 5.68. The van der Waals surface area contributed by atoms with Crippen molar-refractivity contribution in [3.05, 3.63) is 28.0 Å². The minimum Gasteiger partial charge on any atom is -0.383 e. The second kappa shape index (κ2) is 5.97. The van der Waals surface area contributed by atoms with E-state index < -0.39 is 0 Å². The summed E-state index contributed by atoms with van der Waals surface area (Å²) in [6, 6.07) is 0. The lowest BCUT2D eigenvalue weighted by molar-refractivity contribution is 0.774. The maximum Gasteiger partial charge on any atom is 0.135 e. The zero-order valence-electron chi connectivity index (χ0n) is 11.5. The average molecular weight is 277 g/mol. The van der Waals surface area contributed by atoms with Crippen molar-refractivity contribution in [2.45, 2.75) is 33.1 Å². The van der Waals surface area contributed by atoms with Crippen LogP contribution in [0.3, 0.4) is 0 Å². The highest BCUT2D eigenvalue weighted by molar-refractivity contribution is 7.09. The molecule has 2 rings (SSSR count). The number of anilines is 2. The summed E-state index contributed by atoms with van der Waals surface area (Å²) in [5.41, 5.74) is 6.83. The topological polar surface area (TPSA) is 76.7 Å². The number of rotatable bonds is 5. The van der Waals surface area contributed by atoms with Crippen LogP contribution < -0.4 is 11.1 Å². The van der Waals surface area contributed by atoms with E-state index in [0.717, 1.165) is 35.2 Å². The van der Waals surface area contributed by atoms with Crippen LogP contribution in [0.2, 0.25) is 0 Å². The quantitative estimate of drug-likeness (QED) is 0.878. The fourth-order valence-corrected chi connectivity index (χ4v) is 2.27. The fraction of sp³-hybridized carbons (Fsp3) is 0.462. The van der Waals surface area contributed by atoms with Crippen molar-refractivity contribution in [1.29, 1.82) is 0 Å². The van der Waals surface area contributed by atoms with E-state index in [9.17, 15) is 0 Å². The summed E-state index contributed by atoms with van der Waals surface area (Å²) in [4.78, 5) is 13.1. The number of nitrogens with zero attached hydrogens (tertiary/aromatic N) is 3. The molecule has 5 nitrogen and oxygen atoms in total. The van der Waals surface area contributed by atoms with Crippen LogP contribution in [0.1, 0.15) is 36.2 Å². The molecule has 0 radical (unpaired) electrons. The predicted molar refractivity (Wildman–Crippen MR) is 79.6 cm³/mol. The van der Waals surface area contributed by atoms with Gasteiger partial charge in [-0.3, -0.25) is 0 Å². The van der Waals surface area contributed by atoms with Gasteiger partial charge in [0.05, 0.1) is 5.01 Å². The van der Waals surface area contributed by atoms with Crippen LogP contribution >= 0.6 is 11.3 Å². The van der Waals surface area contributed by atoms with Crippen LogP contribution in [0.15, 0.2) is 11.6 Å². The average Bonchev–Trinajstić information content (AvgIpc) is 2.87. The van der Waals surface area contributed by atoms with Crippen LogP contribution in [-0.4, -0.2) is 21.5 Å². The van der Waals surface area contributed by atoms with Crippen LogP contribution in [0.5, 0.6) is 0 Å². The van der Waals surface area contributed by atoms with E-state index in [0.29, 0.717) is 5.82 Å². The Hall–Kier alpha value is -1.69. The van der Waals surface area contributed by atoms with Gasteiger partial charge in [0.15, 0.2) is 0 Å². The third-order valence-corrected chi connectivity index (χ3v) is 3.67. The van der Waals surface area contributed by atoms with Crippen LogP contribution in [-0.2, 0) is 6.42 Å². The van der Waals surface area contributed by atoms with Crippen LogP contribution in [0, 0.1) is 6.92 Å². The maximum atomic E-state index is 5.92. The Bertz CT molecular complexity index is 536. The van der Waals surface area contributed by atoms with E-state index in [4.69, 9.17) is 5.73 Å². The van der Waals surface area contributed by atoms with Gasteiger partial charge >= 0.3 is 0 Å². The molecule has 2 aromatic rings. The maximum absolute atomic E-state index is 5.92. The van der Waals surface area contributed by atoms with Crippen molar-refractivity contribution >= 4 is 23.0 Å². The highest BCUT2D eigenvalue weighted by atomic mass is 32.1. The molecule has 3 N–H and O–H groups in total. The Morgan fingerprint density at radius 3 is 2.79 bits per heavy atom. The monoisotopic (exact) mass is 277 g/mol. The van der Waals surface area contributed by atoms with Crippen molar-refractivity contribution in [1.82, 2.24) is 15.0 Å². The molecule has 0 amide bonds. The van der Waals surface area contributed by atoms with Gasteiger partial charge in [0.25, 0.3) is 0 Å². The molecule has 0 fully saturated rings. The minimum absolute atomic E-state index is 0.266. The van der Waals surface area contributed by atoms with Gasteiger partial charge in [-0.15, -0.1) is 11.3 Å². The first kappa shape index (κ1) is 13.7. The van der Waals surface area contributed by atoms with Crippen molar-refractivity contribution in [3.63, 3.8) is 0 Å².